The highest BCUT2D eigenvalue weighted by molar-refractivity contribution is 5.81. The first-order valence-corrected chi connectivity index (χ1v) is 9.71. The van der Waals surface area contributed by atoms with Crippen molar-refractivity contribution < 1.29 is 20.1 Å². The number of hydrogen-bond donors (Lipinski definition) is 4. The maximum absolute atomic E-state index is 11.6. The normalized spacial score (nSPS) is 13.2. The molecule has 144 valence electrons. The summed E-state index contributed by atoms with van der Waals surface area (Å²) in [6.45, 7) is 0.932. The number of aliphatic hydroxyl groups is 3. The first kappa shape index (κ1) is 23.4. The Labute approximate surface area is 147 Å². The van der Waals surface area contributed by atoms with Crippen LogP contribution in [0.25, 0.3) is 0 Å². The fraction of sp³-hybridized carbons (Fsp3) is 0.947. The molecule has 0 aromatic rings. The van der Waals surface area contributed by atoms with Crippen LogP contribution in [0.3, 0.4) is 0 Å². The number of carbonyl (C=O) groups is 1. The van der Waals surface area contributed by atoms with Gasteiger partial charge in [0.2, 0.25) is 5.91 Å². The van der Waals surface area contributed by atoms with Gasteiger partial charge in [0.25, 0.3) is 0 Å². The van der Waals surface area contributed by atoms with Gasteiger partial charge in [0.15, 0.2) is 0 Å². The van der Waals surface area contributed by atoms with Crippen molar-refractivity contribution in [2.45, 2.75) is 84.0 Å². The number of amides is 1. The van der Waals surface area contributed by atoms with E-state index in [2.05, 4.69) is 6.92 Å². The zero-order valence-corrected chi connectivity index (χ0v) is 15.5. The second kappa shape index (κ2) is 14.7. The Morgan fingerprint density at radius 1 is 0.833 bits per heavy atom. The number of aliphatic hydroxyl groups excluding tert-OH is 3. The molecule has 0 heterocycles. The van der Waals surface area contributed by atoms with Gasteiger partial charge in [-0.15, -0.1) is 0 Å². The minimum atomic E-state index is -1.41. The molecular formula is C19H39NO4. The third-order valence-corrected chi connectivity index (χ3v) is 5.21. The highest BCUT2D eigenvalue weighted by Gasteiger charge is 2.42. The second-order valence-electron chi connectivity index (χ2n) is 7.04. The van der Waals surface area contributed by atoms with Gasteiger partial charge in [-0.2, -0.15) is 0 Å². The van der Waals surface area contributed by atoms with Crippen LogP contribution >= 0.6 is 0 Å². The van der Waals surface area contributed by atoms with Crippen molar-refractivity contribution in [2.24, 2.45) is 17.1 Å². The smallest absolute Gasteiger partial charge is 0.228 e. The number of rotatable bonds is 17. The van der Waals surface area contributed by atoms with E-state index in [-0.39, 0.29) is 6.61 Å². The van der Waals surface area contributed by atoms with Crippen LogP contribution in [0.2, 0.25) is 0 Å². The van der Waals surface area contributed by atoms with Gasteiger partial charge in [0.05, 0.1) is 18.6 Å². The lowest BCUT2D eigenvalue weighted by Gasteiger charge is -2.34. The van der Waals surface area contributed by atoms with Crippen LogP contribution in [-0.2, 0) is 4.79 Å². The third-order valence-electron chi connectivity index (χ3n) is 5.21. The summed E-state index contributed by atoms with van der Waals surface area (Å²) in [6, 6.07) is 0. The summed E-state index contributed by atoms with van der Waals surface area (Å²) >= 11 is 0. The van der Waals surface area contributed by atoms with Crippen molar-refractivity contribution in [3.8, 4) is 0 Å². The van der Waals surface area contributed by atoms with Crippen molar-refractivity contribution in [3.63, 3.8) is 0 Å². The molecule has 0 radical (unpaired) electrons. The van der Waals surface area contributed by atoms with E-state index in [0.29, 0.717) is 6.42 Å². The van der Waals surface area contributed by atoms with E-state index in [1.165, 1.54) is 51.4 Å². The van der Waals surface area contributed by atoms with Gasteiger partial charge < -0.3 is 21.1 Å². The molecule has 1 amide bonds. The van der Waals surface area contributed by atoms with Crippen molar-refractivity contribution in [3.05, 3.63) is 0 Å². The Balaban J connectivity index is 3.83. The molecule has 5 heteroatoms. The summed E-state index contributed by atoms with van der Waals surface area (Å²) in [4.78, 5) is 11.6. The molecule has 5 nitrogen and oxygen atoms in total. The average molecular weight is 346 g/mol. The van der Waals surface area contributed by atoms with Gasteiger partial charge in [0.1, 0.15) is 0 Å². The molecule has 0 aliphatic rings. The quantitative estimate of drug-likeness (QED) is 0.304. The molecule has 0 spiro atoms. The SMILES string of the molecule is CCCCCCCCCCCCCC(CO)C(CO)(CO)C(N)=O. The highest BCUT2D eigenvalue weighted by Crippen LogP contribution is 2.31. The predicted octanol–water partition coefficient (Wildman–Crippen LogP) is 2.75. The fourth-order valence-corrected chi connectivity index (χ4v) is 3.26. The lowest BCUT2D eigenvalue weighted by Crippen LogP contribution is -2.50. The summed E-state index contributed by atoms with van der Waals surface area (Å²) < 4.78 is 0. The van der Waals surface area contributed by atoms with Crippen LogP contribution in [-0.4, -0.2) is 41.0 Å². The van der Waals surface area contributed by atoms with Gasteiger partial charge in [-0.25, -0.2) is 0 Å². The van der Waals surface area contributed by atoms with Crippen LogP contribution in [0.15, 0.2) is 0 Å². The Morgan fingerprint density at radius 3 is 1.58 bits per heavy atom. The summed E-state index contributed by atoms with van der Waals surface area (Å²) in [7, 11) is 0. The topological polar surface area (TPSA) is 104 Å². The van der Waals surface area contributed by atoms with E-state index in [1.807, 2.05) is 0 Å². The summed E-state index contributed by atoms with van der Waals surface area (Å²) in [5.74, 6) is -1.22. The van der Waals surface area contributed by atoms with E-state index < -0.39 is 30.5 Å². The Bertz CT molecular complexity index is 306. The molecule has 0 aromatic carbocycles. The van der Waals surface area contributed by atoms with E-state index in [4.69, 9.17) is 5.73 Å². The maximum atomic E-state index is 11.6. The Hall–Kier alpha value is -0.650. The molecule has 24 heavy (non-hydrogen) atoms. The molecule has 0 saturated heterocycles. The average Bonchev–Trinajstić information content (AvgIpc) is 2.58. The van der Waals surface area contributed by atoms with Gasteiger partial charge in [0, 0.05) is 12.5 Å². The molecule has 0 aromatic heterocycles. The van der Waals surface area contributed by atoms with E-state index >= 15 is 0 Å². The first-order valence-electron chi connectivity index (χ1n) is 9.71. The minimum Gasteiger partial charge on any atom is -0.396 e. The van der Waals surface area contributed by atoms with Crippen LogP contribution in [0, 0.1) is 11.3 Å². The second-order valence-corrected chi connectivity index (χ2v) is 7.04. The molecule has 0 saturated carbocycles. The highest BCUT2D eigenvalue weighted by atomic mass is 16.3. The lowest BCUT2D eigenvalue weighted by atomic mass is 9.73. The minimum absolute atomic E-state index is 0.248. The van der Waals surface area contributed by atoms with Crippen LogP contribution in [0.4, 0.5) is 0 Å². The zero-order chi connectivity index (χ0) is 18.3. The number of primary amides is 1. The summed E-state index contributed by atoms with van der Waals surface area (Å²) in [5, 5.41) is 28.4. The number of carbonyl (C=O) groups excluding carboxylic acids is 1. The first-order chi connectivity index (χ1) is 11.6. The Kier molecular flexibility index (Phi) is 14.3. The lowest BCUT2D eigenvalue weighted by molar-refractivity contribution is -0.140. The molecular weight excluding hydrogens is 306 g/mol. The predicted molar refractivity (Wildman–Crippen MR) is 97.5 cm³/mol. The maximum Gasteiger partial charge on any atom is 0.228 e. The number of hydrogen-bond acceptors (Lipinski definition) is 4. The molecule has 0 aliphatic heterocycles. The fourth-order valence-electron chi connectivity index (χ4n) is 3.26. The van der Waals surface area contributed by atoms with E-state index in [0.717, 1.165) is 19.3 Å². The molecule has 0 fully saturated rings. The van der Waals surface area contributed by atoms with Crippen LogP contribution in [0.5, 0.6) is 0 Å². The van der Waals surface area contributed by atoms with Crippen molar-refractivity contribution in [1.82, 2.24) is 0 Å². The van der Waals surface area contributed by atoms with E-state index in [1.54, 1.807) is 0 Å². The molecule has 5 N–H and O–H groups in total. The Morgan fingerprint density at radius 2 is 1.25 bits per heavy atom. The van der Waals surface area contributed by atoms with Crippen molar-refractivity contribution >= 4 is 5.91 Å². The van der Waals surface area contributed by atoms with Gasteiger partial charge in [-0.1, -0.05) is 77.6 Å². The zero-order valence-electron chi connectivity index (χ0n) is 15.5. The molecule has 1 unspecified atom stereocenters. The third kappa shape index (κ3) is 8.45. The van der Waals surface area contributed by atoms with Crippen molar-refractivity contribution in [2.75, 3.05) is 19.8 Å². The largest absolute Gasteiger partial charge is 0.396 e. The van der Waals surface area contributed by atoms with Gasteiger partial charge >= 0.3 is 0 Å². The monoisotopic (exact) mass is 345 g/mol. The van der Waals surface area contributed by atoms with E-state index in [9.17, 15) is 20.1 Å². The summed E-state index contributed by atoms with van der Waals surface area (Å²) in [6.07, 6.45) is 14.1. The molecule has 0 bridgehead atoms. The van der Waals surface area contributed by atoms with Crippen LogP contribution in [0.1, 0.15) is 84.0 Å². The molecule has 1 atom stereocenters. The summed E-state index contributed by atoms with van der Waals surface area (Å²) in [5.41, 5.74) is 3.92. The number of unbranched alkanes of at least 4 members (excludes halogenated alkanes) is 10. The van der Waals surface area contributed by atoms with Crippen molar-refractivity contribution in [1.29, 1.82) is 0 Å². The van der Waals surface area contributed by atoms with Gasteiger partial charge in [-0.3, -0.25) is 4.79 Å². The van der Waals surface area contributed by atoms with Crippen LogP contribution < -0.4 is 5.73 Å². The standard InChI is InChI=1S/C19H39NO4/c1-2-3-4-5-6-7-8-9-10-11-12-13-17(14-21)19(15-22,16-23)18(20)24/h17,21-23H,2-16H2,1H3,(H2,20,24). The molecule has 0 aliphatic carbocycles. The number of nitrogens with two attached hydrogens (primary N) is 1. The van der Waals surface area contributed by atoms with Gasteiger partial charge in [-0.05, 0) is 6.42 Å². The molecule has 0 rings (SSSR count).